The Morgan fingerprint density at radius 3 is 2.79 bits per heavy atom. The van der Waals surface area contributed by atoms with Crippen LogP contribution in [-0.2, 0) is 11.2 Å². The smallest absolute Gasteiger partial charge is 0.203 e. The minimum Gasteiger partial charge on any atom is -0.612 e. The molecule has 1 unspecified atom stereocenters. The van der Waals surface area contributed by atoms with Crippen LogP contribution in [0.15, 0.2) is 39.9 Å². The summed E-state index contributed by atoms with van der Waals surface area (Å²) in [5.41, 5.74) is 0.967. The topological polar surface area (TPSA) is 66.2 Å². The molecule has 0 bridgehead atoms. The predicted molar refractivity (Wildman–Crippen MR) is 70.7 cm³/mol. The Morgan fingerprint density at radius 2 is 2.11 bits per heavy atom. The van der Waals surface area contributed by atoms with Crippen LogP contribution in [0.4, 0.5) is 0 Å². The molecule has 1 aliphatic carbocycles. The predicted octanol–water partition coefficient (Wildman–Crippen LogP) is 2.52. The molecule has 1 saturated carbocycles. The highest BCUT2D eigenvalue weighted by Gasteiger charge is 2.33. The van der Waals surface area contributed by atoms with Crippen molar-refractivity contribution in [3.63, 3.8) is 0 Å². The fraction of sp³-hybridized carbons (Fsp3) is 0.286. The molecular weight excluding hydrogens is 262 g/mol. The van der Waals surface area contributed by atoms with Crippen molar-refractivity contribution >= 4 is 17.0 Å². The third-order valence-electron chi connectivity index (χ3n) is 3.23. The summed E-state index contributed by atoms with van der Waals surface area (Å²) in [4.78, 5) is 13.1. The Morgan fingerprint density at radius 1 is 1.37 bits per heavy atom. The van der Waals surface area contributed by atoms with Gasteiger partial charge in [0.25, 0.3) is 0 Å². The van der Waals surface area contributed by atoms with E-state index in [0.29, 0.717) is 27.7 Å². The number of benzene rings is 1. The zero-order valence-corrected chi connectivity index (χ0v) is 11.3. The van der Waals surface area contributed by atoms with Crippen molar-refractivity contribution in [1.82, 2.24) is 5.16 Å². The number of carbonyl (C=O) groups is 1. The van der Waals surface area contributed by atoms with E-state index in [1.54, 1.807) is 30.5 Å². The van der Waals surface area contributed by atoms with Gasteiger partial charge in [0.1, 0.15) is 6.26 Å². The van der Waals surface area contributed by atoms with Crippen LogP contribution in [0.1, 0.15) is 40.4 Å². The Kier molecular flexibility index (Phi) is 3.16. The third-order valence-corrected chi connectivity index (χ3v) is 4.21. The summed E-state index contributed by atoms with van der Waals surface area (Å²) >= 11 is -1.20. The van der Waals surface area contributed by atoms with Gasteiger partial charge in [-0.25, -0.2) is 0 Å². The fourth-order valence-electron chi connectivity index (χ4n) is 2.11. The number of rotatable bonds is 4. The van der Waals surface area contributed by atoms with Gasteiger partial charge in [0.05, 0.1) is 17.3 Å². The second kappa shape index (κ2) is 4.83. The van der Waals surface area contributed by atoms with Gasteiger partial charge in [-0.15, -0.1) is 0 Å². The van der Waals surface area contributed by atoms with Crippen LogP contribution < -0.4 is 0 Å². The first-order chi connectivity index (χ1) is 9.18. The van der Waals surface area contributed by atoms with Gasteiger partial charge in [-0.1, -0.05) is 17.3 Å². The fourth-order valence-corrected chi connectivity index (χ4v) is 2.85. The van der Waals surface area contributed by atoms with Crippen LogP contribution in [0.2, 0.25) is 0 Å². The van der Waals surface area contributed by atoms with E-state index < -0.39 is 11.2 Å². The number of aromatic nitrogens is 1. The lowest BCUT2D eigenvalue weighted by Crippen LogP contribution is -2.09. The Balaban J connectivity index is 2.02. The molecule has 0 aliphatic heterocycles. The second-order valence-electron chi connectivity index (χ2n) is 4.66. The van der Waals surface area contributed by atoms with Gasteiger partial charge in [-0.2, -0.15) is 0 Å². The molecular formula is C14H13NO3S. The molecule has 1 fully saturated rings. The van der Waals surface area contributed by atoms with Gasteiger partial charge in [-0.3, -0.25) is 4.79 Å². The summed E-state index contributed by atoms with van der Waals surface area (Å²) in [7, 11) is 0. The first kappa shape index (κ1) is 12.4. The number of hydrogen-bond donors (Lipinski definition) is 0. The summed E-state index contributed by atoms with van der Waals surface area (Å²) in [6, 6.07) is 6.97. The van der Waals surface area contributed by atoms with E-state index in [1.165, 1.54) is 6.20 Å². The molecule has 5 heteroatoms. The van der Waals surface area contributed by atoms with Gasteiger partial charge in [0.2, 0.25) is 5.78 Å². The first-order valence-corrected chi connectivity index (χ1v) is 7.66. The highest BCUT2D eigenvalue weighted by Crippen LogP contribution is 2.42. The van der Waals surface area contributed by atoms with Crippen molar-refractivity contribution < 1.29 is 13.9 Å². The number of ketones is 1. The van der Waals surface area contributed by atoms with E-state index in [-0.39, 0.29) is 5.78 Å². The van der Waals surface area contributed by atoms with E-state index in [0.717, 1.165) is 12.8 Å². The van der Waals surface area contributed by atoms with Gasteiger partial charge >= 0.3 is 0 Å². The molecule has 4 nitrogen and oxygen atoms in total. The Bertz CT molecular complexity index is 617. The summed E-state index contributed by atoms with van der Waals surface area (Å²) in [6.45, 7) is 0. The molecule has 2 aromatic rings. The Hall–Kier alpha value is -1.59. The zero-order chi connectivity index (χ0) is 13.4. The molecule has 19 heavy (non-hydrogen) atoms. The minimum atomic E-state index is -1.20. The van der Waals surface area contributed by atoms with Gasteiger partial charge in [-0.05, 0) is 36.2 Å². The number of nitrogens with zero attached hydrogens (tertiary/aromatic N) is 1. The van der Waals surface area contributed by atoms with Crippen LogP contribution in [0.5, 0.6) is 0 Å². The summed E-state index contributed by atoms with van der Waals surface area (Å²) in [6.07, 6.45) is 5.11. The van der Waals surface area contributed by atoms with Crippen molar-refractivity contribution in [2.75, 3.05) is 6.26 Å². The van der Waals surface area contributed by atoms with Gasteiger partial charge in [0.15, 0.2) is 10.7 Å². The molecule has 1 heterocycles. The first-order valence-electron chi connectivity index (χ1n) is 6.10. The van der Waals surface area contributed by atoms with Crippen LogP contribution in [0, 0.1) is 0 Å². The lowest BCUT2D eigenvalue weighted by Gasteiger charge is -2.08. The highest BCUT2D eigenvalue weighted by molar-refractivity contribution is 7.90. The van der Waals surface area contributed by atoms with Crippen LogP contribution in [-0.4, -0.2) is 21.7 Å². The van der Waals surface area contributed by atoms with Crippen molar-refractivity contribution in [3.05, 3.63) is 47.3 Å². The van der Waals surface area contributed by atoms with E-state index in [4.69, 9.17) is 4.52 Å². The van der Waals surface area contributed by atoms with Crippen molar-refractivity contribution in [2.45, 2.75) is 23.7 Å². The lowest BCUT2D eigenvalue weighted by molar-refractivity contribution is 0.103. The molecule has 0 radical (unpaired) electrons. The molecule has 0 spiro atoms. The van der Waals surface area contributed by atoms with E-state index in [1.807, 2.05) is 0 Å². The molecule has 1 aliphatic rings. The molecule has 1 aromatic carbocycles. The number of hydrogen-bond acceptors (Lipinski definition) is 4. The van der Waals surface area contributed by atoms with Crippen molar-refractivity contribution in [3.8, 4) is 0 Å². The minimum absolute atomic E-state index is 0.158. The summed E-state index contributed by atoms with van der Waals surface area (Å²) in [5.74, 6) is 0.830. The summed E-state index contributed by atoms with van der Waals surface area (Å²) in [5, 5.41) is 3.73. The van der Waals surface area contributed by atoms with Gasteiger partial charge in [0, 0.05) is 5.92 Å². The van der Waals surface area contributed by atoms with E-state index in [2.05, 4.69) is 5.16 Å². The number of carbonyl (C=O) groups excluding carboxylic acids is 1. The van der Waals surface area contributed by atoms with E-state index >= 15 is 0 Å². The monoisotopic (exact) mass is 275 g/mol. The second-order valence-corrected chi connectivity index (χ2v) is 6.01. The quantitative estimate of drug-likeness (QED) is 0.635. The van der Waals surface area contributed by atoms with Crippen LogP contribution in [0.3, 0.4) is 0 Å². The van der Waals surface area contributed by atoms with Crippen molar-refractivity contribution in [1.29, 1.82) is 0 Å². The Labute approximate surface area is 114 Å². The maximum atomic E-state index is 12.6. The van der Waals surface area contributed by atoms with Crippen LogP contribution in [0.25, 0.3) is 0 Å². The average Bonchev–Trinajstić information content (AvgIpc) is 3.15. The van der Waals surface area contributed by atoms with Gasteiger partial charge < -0.3 is 9.08 Å². The molecule has 0 N–H and O–H groups in total. The molecule has 3 rings (SSSR count). The molecule has 0 amide bonds. The molecule has 1 atom stereocenters. The van der Waals surface area contributed by atoms with Crippen molar-refractivity contribution in [2.24, 2.45) is 0 Å². The highest BCUT2D eigenvalue weighted by atomic mass is 32.2. The van der Waals surface area contributed by atoms with Crippen LogP contribution >= 0.6 is 0 Å². The molecule has 98 valence electrons. The third kappa shape index (κ3) is 2.31. The summed E-state index contributed by atoms with van der Waals surface area (Å²) < 4.78 is 16.9. The zero-order valence-electron chi connectivity index (χ0n) is 10.5. The lowest BCUT2D eigenvalue weighted by atomic mass is 10.0. The average molecular weight is 275 g/mol. The largest absolute Gasteiger partial charge is 0.612 e. The molecule has 1 aromatic heterocycles. The maximum absolute atomic E-state index is 12.6. The maximum Gasteiger partial charge on any atom is 0.203 e. The SMILES string of the molecule is C[S+]([O-])c1ccccc1C(=O)c1cnoc1C1CC1. The standard InChI is InChI=1S/C14H13NO3S/c1-19(17)12-5-3-2-4-10(12)13(16)11-8-15-18-14(11)9-6-7-9/h2-5,8-9H,6-7H2,1H3. The normalized spacial score (nSPS) is 16.3. The van der Waals surface area contributed by atoms with E-state index in [9.17, 15) is 9.35 Å². The molecule has 0 saturated heterocycles.